The van der Waals surface area contributed by atoms with Crippen molar-refractivity contribution in [2.75, 3.05) is 13.1 Å². The molecule has 29 heavy (non-hydrogen) atoms. The Labute approximate surface area is 180 Å². The molecule has 2 aliphatic heterocycles. The topological polar surface area (TPSA) is 40.6 Å². The number of rotatable bonds is 4. The highest BCUT2D eigenvalue weighted by atomic mass is 35.5. The first kappa shape index (κ1) is 20.0. The zero-order valence-electron chi connectivity index (χ0n) is 16.3. The molecule has 0 aromatic heterocycles. The van der Waals surface area contributed by atoms with E-state index in [1.807, 2.05) is 36.1 Å². The van der Waals surface area contributed by atoms with Crippen LogP contribution >= 0.6 is 23.2 Å². The Morgan fingerprint density at radius 3 is 2.24 bits per heavy atom. The molecule has 0 aliphatic carbocycles. The smallest absolute Gasteiger partial charge is 0.278 e. The number of imide groups is 1. The number of nitrogens with zero attached hydrogens (tertiary/aromatic N) is 2. The van der Waals surface area contributed by atoms with Crippen LogP contribution in [-0.4, -0.2) is 34.7 Å². The number of carbonyl (C=O) groups is 2. The molecule has 0 unspecified atom stereocenters. The maximum atomic E-state index is 13.4. The summed E-state index contributed by atoms with van der Waals surface area (Å²) in [5.41, 5.74) is 3.45. The van der Waals surface area contributed by atoms with Gasteiger partial charge in [0.1, 0.15) is 5.70 Å². The van der Waals surface area contributed by atoms with Gasteiger partial charge in [-0.15, -0.1) is 0 Å². The van der Waals surface area contributed by atoms with Crippen LogP contribution in [0.3, 0.4) is 0 Å². The number of carbonyl (C=O) groups excluding carboxylic acids is 2. The maximum absolute atomic E-state index is 13.4. The largest absolute Gasteiger partial charge is 0.366 e. The Bertz CT molecular complexity index is 992. The average Bonchev–Trinajstić information content (AvgIpc) is 2.95. The van der Waals surface area contributed by atoms with Gasteiger partial charge in [-0.05, 0) is 43.9 Å². The summed E-state index contributed by atoms with van der Waals surface area (Å²) in [4.78, 5) is 30.2. The number of piperidine rings is 1. The van der Waals surface area contributed by atoms with Crippen molar-refractivity contribution in [2.24, 2.45) is 0 Å². The number of likely N-dealkylation sites (tertiary alicyclic amines) is 1. The summed E-state index contributed by atoms with van der Waals surface area (Å²) in [6, 6.07) is 12.9. The Hall–Kier alpha value is -2.30. The second kappa shape index (κ2) is 8.21. The molecule has 2 aromatic rings. The summed E-state index contributed by atoms with van der Waals surface area (Å²) >= 11 is 12.5. The highest BCUT2D eigenvalue weighted by Gasteiger charge is 2.42. The number of hydrogen-bond acceptors (Lipinski definition) is 3. The van der Waals surface area contributed by atoms with Crippen LogP contribution in [-0.2, 0) is 16.1 Å². The van der Waals surface area contributed by atoms with Crippen molar-refractivity contribution in [2.45, 2.75) is 32.7 Å². The summed E-state index contributed by atoms with van der Waals surface area (Å²) in [6.07, 6.45) is 3.14. The number of aryl methyl sites for hydroxylation is 1. The molecule has 0 saturated carbocycles. The summed E-state index contributed by atoms with van der Waals surface area (Å²) in [7, 11) is 0. The lowest BCUT2D eigenvalue weighted by Gasteiger charge is -2.29. The van der Waals surface area contributed by atoms with Gasteiger partial charge in [0.05, 0.1) is 17.1 Å². The van der Waals surface area contributed by atoms with Crippen LogP contribution in [0.25, 0.3) is 5.57 Å². The molecule has 0 N–H and O–H groups in total. The van der Waals surface area contributed by atoms with E-state index in [1.54, 1.807) is 18.2 Å². The first-order valence-electron chi connectivity index (χ1n) is 9.82. The maximum Gasteiger partial charge on any atom is 0.278 e. The highest BCUT2D eigenvalue weighted by Crippen LogP contribution is 2.37. The van der Waals surface area contributed by atoms with Crippen molar-refractivity contribution >= 4 is 40.6 Å². The number of benzene rings is 2. The molecular weight excluding hydrogens is 407 g/mol. The van der Waals surface area contributed by atoms with Crippen LogP contribution in [0, 0.1) is 6.92 Å². The Morgan fingerprint density at radius 2 is 1.59 bits per heavy atom. The van der Waals surface area contributed by atoms with Gasteiger partial charge in [0.25, 0.3) is 11.8 Å². The monoisotopic (exact) mass is 428 g/mol. The van der Waals surface area contributed by atoms with Crippen molar-refractivity contribution < 1.29 is 9.59 Å². The van der Waals surface area contributed by atoms with Crippen molar-refractivity contribution in [3.05, 3.63) is 74.9 Å². The second-order valence-corrected chi connectivity index (χ2v) is 8.42. The molecule has 0 atom stereocenters. The molecule has 2 amide bonds. The summed E-state index contributed by atoms with van der Waals surface area (Å²) < 4.78 is 0. The van der Waals surface area contributed by atoms with Gasteiger partial charge in [0.2, 0.25) is 0 Å². The van der Waals surface area contributed by atoms with Crippen LogP contribution in [0.2, 0.25) is 10.0 Å². The van der Waals surface area contributed by atoms with Crippen molar-refractivity contribution in [1.29, 1.82) is 0 Å². The predicted molar refractivity (Wildman–Crippen MR) is 116 cm³/mol. The molecule has 0 radical (unpaired) electrons. The minimum Gasteiger partial charge on any atom is -0.366 e. The summed E-state index contributed by atoms with van der Waals surface area (Å²) in [5, 5.41) is 0.868. The second-order valence-electron chi connectivity index (χ2n) is 7.58. The van der Waals surface area contributed by atoms with E-state index in [9.17, 15) is 9.59 Å². The highest BCUT2D eigenvalue weighted by molar-refractivity contribution is 6.41. The van der Waals surface area contributed by atoms with Crippen LogP contribution in [0.1, 0.15) is 36.0 Å². The van der Waals surface area contributed by atoms with E-state index >= 15 is 0 Å². The normalized spacial score (nSPS) is 17.5. The minimum absolute atomic E-state index is 0.240. The van der Waals surface area contributed by atoms with E-state index in [0.29, 0.717) is 26.9 Å². The molecule has 2 aromatic carbocycles. The number of halogens is 2. The van der Waals surface area contributed by atoms with E-state index in [0.717, 1.165) is 43.5 Å². The molecule has 1 fully saturated rings. The number of amides is 2. The Morgan fingerprint density at radius 1 is 0.897 bits per heavy atom. The van der Waals surface area contributed by atoms with E-state index in [2.05, 4.69) is 0 Å². The van der Waals surface area contributed by atoms with Crippen LogP contribution in [0.4, 0.5) is 0 Å². The first-order chi connectivity index (χ1) is 14.0. The molecule has 0 spiro atoms. The van der Waals surface area contributed by atoms with E-state index in [-0.39, 0.29) is 18.4 Å². The molecule has 0 bridgehead atoms. The van der Waals surface area contributed by atoms with Gasteiger partial charge in [-0.3, -0.25) is 14.5 Å². The SMILES string of the molecule is Cc1ccc(CN2C(=O)C(c3ccc(Cl)cc3Cl)=C(N3CCCCC3)C2=O)cc1. The van der Waals surface area contributed by atoms with Gasteiger partial charge in [0.15, 0.2) is 0 Å². The predicted octanol–water partition coefficient (Wildman–Crippen LogP) is 5.07. The standard InChI is InChI=1S/C23H22Cl2N2O2/c1-15-5-7-16(8-6-15)14-27-22(28)20(18-10-9-17(24)13-19(18)25)21(23(27)29)26-11-3-2-4-12-26/h5-10,13H,2-4,11-12,14H2,1H3. The van der Waals surface area contributed by atoms with Crippen molar-refractivity contribution in [3.63, 3.8) is 0 Å². The van der Waals surface area contributed by atoms with E-state index < -0.39 is 0 Å². The molecule has 4 nitrogen and oxygen atoms in total. The zero-order chi connectivity index (χ0) is 20.5. The lowest BCUT2D eigenvalue weighted by atomic mass is 10.0. The fraction of sp³-hybridized carbons (Fsp3) is 0.304. The Kier molecular flexibility index (Phi) is 5.66. The summed E-state index contributed by atoms with van der Waals surface area (Å²) in [5.74, 6) is -0.557. The molecule has 1 saturated heterocycles. The van der Waals surface area contributed by atoms with E-state index in [4.69, 9.17) is 23.2 Å². The third-order valence-electron chi connectivity index (χ3n) is 5.48. The van der Waals surface area contributed by atoms with Gasteiger partial charge in [-0.25, -0.2) is 0 Å². The molecule has 2 aliphatic rings. The summed E-state index contributed by atoms with van der Waals surface area (Å²) in [6.45, 7) is 3.78. The van der Waals surface area contributed by atoms with Crippen LogP contribution in [0.15, 0.2) is 48.2 Å². The first-order valence-corrected chi connectivity index (χ1v) is 10.6. The Balaban J connectivity index is 1.76. The fourth-order valence-electron chi connectivity index (χ4n) is 3.93. The molecular formula is C23H22Cl2N2O2. The van der Waals surface area contributed by atoms with Gasteiger partial charge >= 0.3 is 0 Å². The van der Waals surface area contributed by atoms with Crippen molar-refractivity contribution in [1.82, 2.24) is 9.80 Å². The molecule has 150 valence electrons. The lowest BCUT2D eigenvalue weighted by Crippen LogP contribution is -2.36. The minimum atomic E-state index is -0.305. The van der Waals surface area contributed by atoms with Crippen LogP contribution < -0.4 is 0 Å². The quantitative estimate of drug-likeness (QED) is 0.638. The molecule has 2 heterocycles. The van der Waals surface area contributed by atoms with Gasteiger partial charge in [-0.1, -0.05) is 59.1 Å². The van der Waals surface area contributed by atoms with Crippen LogP contribution in [0.5, 0.6) is 0 Å². The third kappa shape index (κ3) is 3.92. The lowest BCUT2D eigenvalue weighted by molar-refractivity contribution is -0.138. The molecule has 4 rings (SSSR count). The third-order valence-corrected chi connectivity index (χ3v) is 6.03. The number of hydrogen-bond donors (Lipinski definition) is 0. The van der Waals surface area contributed by atoms with E-state index in [1.165, 1.54) is 4.90 Å². The van der Waals surface area contributed by atoms with Gasteiger partial charge in [-0.2, -0.15) is 0 Å². The average molecular weight is 429 g/mol. The zero-order valence-corrected chi connectivity index (χ0v) is 17.8. The van der Waals surface area contributed by atoms with Gasteiger partial charge < -0.3 is 4.90 Å². The fourth-order valence-corrected chi connectivity index (χ4v) is 4.43. The molecule has 6 heteroatoms. The van der Waals surface area contributed by atoms with Gasteiger partial charge in [0, 0.05) is 23.7 Å². The van der Waals surface area contributed by atoms with Crippen molar-refractivity contribution in [3.8, 4) is 0 Å².